The number of halogens is 4. The lowest BCUT2D eigenvalue weighted by molar-refractivity contribution is 0.0762. The van der Waals surface area contributed by atoms with Gasteiger partial charge in [-0.2, -0.15) is 0 Å². The van der Waals surface area contributed by atoms with Gasteiger partial charge in [0.2, 0.25) is 0 Å². The SMILES string of the molecule is Clc1cc(Cl)c2nc(-c3ccc(OCCOCCOc4ccc(-c5nc6c(Cl)cc(Cl)cc6[nH]5)nc4)cn3)[nH]c2c1. The number of nitrogens with zero attached hydrogens (tertiary/aromatic N) is 4. The molecule has 6 aromatic rings. The van der Waals surface area contributed by atoms with Crippen LogP contribution in [-0.4, -0.2) is 56.3 Å². The Morgan fingerprint density at radius 3 is 1.46 bits per heavy atom. The second-order valence-corrected chi connectivity index (χ2v) is 10.5. The fourth-order valence-corrected chi connectivity index (χ4v) is 5.15. The minimum atomic E-state index is 0.364. The molecule has 13 heteroatoms. The van der Waals surface area contributed by atoms with E-state index < -0.39 is 0 Å². The topological polar surface area (TPSA) is 111 Å². The van der Waals surface area contributed by atoms with Crippen molar-refractivity contribution < 1.29 is 14.2 Å². The predicted molar refractivity (Wildman–Crippen MR) is 160 cm³/mol. The summed E-state index contributed by atoms with van der Waals surface area (Å²) in [5.41, 5.74) is 4.08. The van der Waals surface area contributed by atoms with Gasteiger partial charge in [-0.1, -0.05) is 46.4 Å². The maximum Gasteiger partial charge on any atom is 0.157 e. The average molecular weight is 630 g/mol. The fourth-order valence-electron chi connectivity index (χ4n) is 4.08. The molecule has 0 fully saturated rings. The van der Waals surface area contributed by atoms with Gasteiger partial charge in [-0.25, -0.2) is 19.9 Å². The van der Waals surface area contributed by atoms with E-state index in [2.05, 4.69) is 29.9 Å². The van der Waals surface area contributed by atoms with Gasteiger partial charge < -0.3 is 24.2 Å². The van der Waals surface area contributed by atoms with Crippen molar-refractivity contribution in [3.8, 4) is 34.5 Å². The third-order valence-electron chi connectivity index (χ3n) is 5.96. The Labute approximate surface area is 253 Å². The third-order valence-corrected chi connectivity index (χ3v) is 6.97. The summed E-state index contributed by atoms with van der Waals surface area (Å²) in [6.45, 7) is 1.51. The Bertz CT molecular complexity index is 1690. The summed E-state index contributed by atoms with van der Waals surface area (Å²) >= 11 is 24.6. The Morgan fingerprint density at radius 1 is 0.585 bits per heavy atom. The first-order valence-electron chi connectivity index (χ1n) is 12.4. The normalized spacial score (nSPS) is 11.4. The van der Waals surface area contributed by atoms with Gasteiger partial charge in [0, 0.05) is 10.0 Å². The number of imidazole rings is 2. The summed E-state index contributed by atoms with van der Waals surface area (Å²) in [6, 6.07) is 14.1. The number of aromatic amines is 2. The first kappa shape index (κ1) is 27.6. The van der Waals surface area contributed by atoms with Crippen LogP contribution in [0.15, 0.2) is 60.9 Å². The largest absolute Gasteiger partial charge is 0.490 e. The molecule has 6 rings (SSSR count). The molecule has 4 aromatic heterocycles. The smallest absolute Gasteiger partial charge is 0.157 e. The monoisotopic (exact) mass is 628 g/mol. The van der Waals surface area contributed by atoms with Crippen LogP contribution in [0.25, 0.3) is 45.1 Å². The van der Waals surface area contributed by atoms with E-state index in [0.717, 1.165) is 11.0 Å². The first-order chi connectivity index (χ1) is 19.9. The zero-order valence-electron chi connectivity index (χ0n) is 21.1. The summed E-state index contributed by atoms with van der Waals surface area (Å²) in [4.78, 5) is 24.2. The van der Waals surface area contributed by atoms with E-state index in [1.165, 1.54) is 0 Å². The van der Waals surface area contributed by atoms with Crippen LogP contribution in [-0.2, 0) is 4.74 Å². The Kier molecular flexibility index (Phi) is 8.13. The highest BCUT2D eigenvalue weighted by molar-refractivity contribution is 6.38. The van der Waals surface area contributed by atoms with Crippen LogP contribution in [0.1, 0.15) is 0 Å². The molecule has 2 N–H and O–H groups in total. The molecule has 9 nitrogen and oxygen atoms in total. The van der Waals surface area contributed by atoms with Gasteiger partial charge in [0.25, 0.3) is 0 Å². The number of H-pyrrole nitrogens is 2. The van der Waals surface area contributed by atoms with Crippen molar-refractivity contribution in [3.05, 3.63) is 81.0 Å². The Hall–Kier alpha value is -3.60. The van der Waals surface area contributed by atoms with Gasteiger partial charge in [0.1, 0.15) is 47.1 Å². The fraction of sp³-hybridized carbons (Fsp3) is 0.143. The minimum absolute atomic E-state index is 0.364. The van der Waals surface area contributed by atoms with E-state index in [9.17, 15) is 0 Å². The number of ether oxygens (including phenoxy) is 3. The molecule has 2 aromatic carbocycles. The van der Waals surface area contributed by atoms with Gasteiger partial charge in [0.05, 0.1) is 46.7 Å². The molecule has 208 valence electrons. The Morgan fingerprint density at radius 2 is 1.05 bits per heavy atom. The summed E-state index contributed by atoms with van der Waals surface area (Å²) in [5, 5.41) is 2.02. The summed E-state index contributed by atoms with van der Waals surface area (Å²) in [5.74, 6) is 2.42. The van der Waals surface area contributed by atoms with Crippen LogP contribution in [0.4, 0.5) is 0 Å². The zero-order chi connectivity index (χ0) is 28.3. The quantitative estimate of drug-likeness (QED) is 0.150. The van der Waals surface area contributed by atoms with Crippen LogP contribution in [0, 0.1) is 0 Å². The molecule has 0 amide bonds. The number of nitrogens with one attached hydrogen (secondary N) is 2. The zero-order valence-corrected chi connectivity index (χ0v) is 24.2. The van der Waals surface area contributed by atoms with Gasteiger partial charge >= 0.3 is 0 Å². The van der Waals surface area contributed by atoms with Crippen molar-refractivity contribution in [2.45, 2.75) is 0 Å². The Balaban J connectivity index is 0.926. The van der Waals surface area contributed by atoms with E-state index in [0.29, 0.717) is 92.1 Å². The van der Waals surface area contributed by atoms with Crippen molar-refractivity contribution in [2.24, 2.45) is 0 Å². The summed E-state index contributed by atoms with van der Waals surface area (Å²) in [7, 11) is 0. The third kappa shape index (κ3) is 6.34. The summed E-state index contributed by atoms with van der Waals surface area (Å²) < 4.78 is 17.0. The molecular formula is C28H20Cl4N6O3. The molecule has 0 bridgehead atoms. The van der Waals surface area contributed by atoms with E-state index in [1.807, 2.05) is 24.3 Å². The maximum atomic E-state index is 6.23. The molecule has 0 saturated heterocycles. The van der Waals surface area contributed by atoms with Gasteiger partial charge in [-0.05, 0) is 48.5 Å². The van der Waals surface area contributed by atoms with Crippen molar-refractivity contribution in [1.29, 1.82) is 0 Å². The molecular weight excluding hydrogens is 610 g/mol. The number of fused-ring (bicyclic) bond motifs is 2. The van der Waals surface area contributed by atoms with Crippen molar-refractivity contribution >= 4 is 68.5 Å². The van der Waals surface area contributed by atoms with Gasteiger partial charge in [-0.3, -0.25) is 0 Å². The van der Waals surface area contributed by atoms with Crippen LogP contribution in [0.2, 0.25) is 20.1 Å². The van der Waals surface area contributed by atoms with Crippen molar-refractivity contribution in [2.75, 3.05) is 26.4 Å². The van der Waals surface area contributed by atoms with Gasteiger partial charge in [-0.15, -0.1) is 0 Å². The first-order valence-corrected chi connectivity index (χ1v) is 13.9. The van der Waals surface area contributed by atoms with Crippen LogP contribution in [0.5, 0.6) is 11.5 Å². The maximum absolute atomic E-state index is 6.23. The lowest BCUT2D eigenvalue weighted by Crippen LogP contribution is -2.12. The molecule has 41 heavy (non-hydrogen) atoms. The van der Waals surface area contributed by atoms with Crippen LogP contribution < -0.4 is 9.47 Å². The number of hydrogen-bond acceptors (Lipinski definition) is 7. The predicted octanol–water partition coefficient (Wildman–Crippen LogP) is 7.65. The molecule has 0 unspecified atom stereocenters. The lowest BCUT2D eigenvalue weighted by atomic mass is 10.3. The molecule has 0 saturated carbocycles. The molecule has 0 aliphatic rings. The molecule has 0 spiro atoms. The summed E-state index contributed by atoms with van der Waals surface area (Å²) in [6.07, 6.45) is 3.26. The number of benzene rings is 2. The highest BCUT2D eigenvalue weighted by Crippen LogP contribution is 2.30. The molecule has 4 heterocycles. The van der Waals surface area contributed by atoms with E-state index >= 15 is 0 Å². The van der Waals surface area contributed by atoms with Crippen LogP contribution >= 0.6 is 46.4 Å². The molecule has 0 radical (unpaired) electrons. The molecule has 0 atom stereocenters. The van der Waals surface area contributed by atoms with E-state index in [4.69, 9.17) is 60.6 Å². The molecule has 0 aliphatic heterocycles. The van der Waals surface area contributed by atoms with Crippen LogP contribution in [0.3, 0.4) is 0 Å². The number of aromatic nitrogens is 6. The number of hydrogen-bond donors (Lipinski definition) is 2. The second-order valence-electron chi connectivity index (χ2n) is 8.81. The average Bonchev–Trinajstić information content (AvgIpc) is 3.58. The highest BCUT2D eigenvalue weighted by atomic mass is 35.5. The highest BCUT2D eigenvalue weighted by Gasteiger charge is 2.12. The molecule has 0 aliphatic carbocycles. The second kappa shape index (κ2) is 12.1. The standard InChI is InChI=1S/C28H20Cl4N6O3/c29-15-9-19(31)25-23(11-15)35-27(37-25)21-3-1-17(13-33-21)40-7-5-39-6-8-41-18-2-4-22(34-14-18)28-36-24-12-16(30)10-20(32)26(24)38-28/h1-4,9-14H,5-8H2,(H,35,37)(H,36,38). The van der Waals surface area contributed by atoms with Crippen molar-refractivity contribution in [1.82, 2.24) is 29.9 Å². The number of pyridine rings is 2. The lowest BCUT2D eigenvalue weighted by Gasteiger charge is -2.09. The van der Waals surface area contributed by atoms with E-state index in [-0.39, 0.29) is 0 Å². The minimum Gasteiger partial charge on any atom is -0.490 e. The van der Waals surface area contributed by atoms with E-state index in [1.54, 1.807) is 36.7 Å². The van der Waals surface area contributed by atoms with Gasteiger partial charge in [0.15, 0.2) is 11.6 Å². The number of rotatable bonds is 10. The van der Waals surface area contributed by atoms with Crippen molar-refractivity contribution in [3.63, 3.8) is 0 Å².